The van der Waals surface area contributed by atoms with E-state index in [2.05, 4.69) is 47.0 Å². The second-order valence-electron chi connectivity index (χ2n) is 5.19. The Morgan fingerprint density at radius 2 is 1.62 bits per heavy atom. The Morgan fingerprint density at radius 3 is 2.43 bits per heavy atom. The number of benzene rings is 2. The molecule has 0 aliphatic carbocycles. The van der Waals surface area contributed by atoms with Crippen LogP contribution in [0.25, 0.3) is 16.7 Å². The summed E-state index contributed by atoms with van der Waals surface area (Å²) in [5, 5.41) is 0. The molecule has 3 rings (SSSR count). The SMILES string of the molecule is ClCCCCCc1nc2ccccc2n1-c1ccccc1. The number of aromatic nitrogens is 2. The van der Waals surface area contributed by atoms with E-state index in [4.69, 9.17) is 16.6 Å². The maximum atomic E-state index is 5.75. The van der Waals surface area contributed by atoms with Crippen LogP contribution in [0, 0.1) is 0 Å². The maximum absolute atomic E-state index is 5.75. The predicted molar refractivity (Wildman–Crippen MR) is 89.3 cm³/mol. The largest absolute Gasteiger partial charge is 0.296 e. The molecule has 0 aliphatic rings. The highest BCUT2D eigenvalue weighted by Gasteiger charge is 2.11. The van der Waals surface area contributed by atoms with Crippen LogP contribution in [0.5, 0.6) is 0 Å². The van der Waals surface area contributed by atoms with Crippen LogP contribution in [0.4, 0.5) is 0 Å². The van der Waals surface area contributed by atoms with E-state index in [-0.39, 0.29) is 0 Å². The normalized spacial score (nSPS) is 11.1. The van der Waals surface area contributed by atoms with E-state index in [0.717, 1.165) is 42.9 Å². The van der Waals surface area contributed by atoms with Gasteiger partial charge in [-0.05, 0) is 37.1 Å². The summed E-state index contributed by atoms with van der Waals surface area (Å²) >= 11 is 5.75. The molecule has 3 heteroatoms. The molecule has 0 radical (unpaired) electrons. The first-order valence-electron chi connectivity index (χ1n) is 7.48. The molecule has 1 aromatic heterocycles. The Kier molecular flexibility index (Phi) is 4.56. The Morgan fingerprint density at radius 1 is 0.857 bits per heavy atom. The van der Waals surface area contributed by atoms with Gasteiger partial charge in [-0.3, -0.25) is 4.57 Å². The average Bonchev–Trinajstić information content (AvgIpc) is 2.90. The number of hydrogen-bond donors (Lipinski definition) is 0. The lowest BCUT2D eigenvalue weighted by Gasteiger charge is -2.09. The zero-order valence-electron chi connectivity index (χ0n) is 12.0. The molecule has 0 saturated carbocycles. The first-order valence-corrected chi connectivity index (χ1v) is 8.01. The molecule has 0 bridgehead atoms. The van der Waals surface area contributed by atoms with Crippen LogP contribution in [-0.2, 0) is 6.42 Å². The monoisotopic (exact) mass is 298 g/mol. The van der Waals surface area contributed by atoms with Crippen molar-refractivity contribution >= 4 is 22.6 Å². The van der Waals surface area contributed by atoms with E-state index < -0.39 is 0 Å². The van der Waals surface area contributed by atoms with Crippen LogP contribution < -0.4 is 0 Å². The van der Waals surface area contributed by atoms with Crippen molar-refractivity contribution in [2.45, 2.75) is 25.7 Å². The van der Waals surface area contributed by atoms with E-state index in [9.17, 15) is 0 Å². The summed E-state index contributed by atoms with van der Waals surface area (Å²) < 4.78 is 2.27. The van der Waals surface area contributed by atoms with Crippen molar-refractivity contribution in [1.29, 1.82) is 0 Å². The van der Waals surface area contributed by atoms with Gasteiger partial charge < -0.3 is 0 Å². The fraction of sp³-hybridized carbons (Fsp3) is 0.278. The Bertz CT molecular complexity index is 704. The lowest BCUT2D eigenvalue weighted by molar-refractivity contribution is 0.691. The summed E-state index contributed by atoms with van der Waals surface area (Å²) in [6.45, 7) is 0. The first-order chi connectivity index (χ1) is 10.4. The first kappa shape index (κ1) is 14.2. The topological polar surface area (TPSA) is 17.8 Å². The molecule has 0 amide bonds. The number of para-hydroxylation sites is 3. The number of fused-ring (bicyclic) bond motifs is 1. The van der Waals surface area contributed by atoms with Crippen molar-refractivity contribution in [3.05, 3.63) is 60.4 Å². The van der Waals surface area contributed by atoms with Gasteiger partial charge in [-0.15, -0.1) is 11.6 Å². The minimum Gasteiger partial charge on any atom is -0.296 e. The lowest BCUT2D eigenvalue weighted by atomic mass is 10.2. The molecule has 21 heavy (non-hydrogen) atoms. The number of halogens is 1. The minimum absolute atomic E-state index is 0.745. The van der Waals surface area contributed by atoms with Gasteiger partial charge in [-0.2, -0.15) is 0 Å². The molecular weight excluding hydrogens is 280 g/mol. The Balaban J connectivity index is 1.98. The highest BCUT2D eigenvalue weighted by Crippen LogP contribution is 2.22. The molecule has 0 saturated heterocycles. The van der Waals surface area contributed by atoms with E-state index in [1.807, 2.05) is 12.1 Å². The van der Waals surface area contributed by atoms with Gasteiger partial charge in [0.15, 0.2) is 0 Å². The van der Waals surface area contributed by atoms with Gasteiger partial charge in [-0.1, -0.05) is 36.8 Å². The van der Waals surface area contributed by atoms with Gasteiger partial charge in [0, 0.05) is 18.0 Å². The highest BCUT2D eigenvalue weighted by molar-refractivity contribution is 6.17. The molecule has 0 spiro atoms. The smallest absolute Gasteiger partial charge is 0.114 e. The van der Waals surface area contributed by atoms with Crippen molar-refractivity contribution < 1.29 is 0 Å². The number of unbranched alkanes of at least 4 members (excludes halogenated alkanes) is 2. The third-order valence-electron chi connectivity index (χ3n) is 3.68. The molecule has 0 aliphatic heterocycles. The molecule has 108 valence electrons. The van der Waals surface area contributed by atoms with Gasteiger partial charge in [0.25, 0.3) is 0 Å². The van der Waals surface area contributed by atoms with Crippen molar-refractivity contribution in [2.24, 2.45) is 0 Å². The van der Waals surface area contributed by atoms with Crippen molar-refractivity contribution in [3.8, 4) is 5.69 Å². The molecule has 3 aromatic rings. The maximum Gasteiger partial charge on any atom is 0.114 e. The van der Waals surface area contributed by atoms with Crippen molar-refractivity contribution in [2.75, 3.05) is 5.88 Å². The van der Waals surface area contributed by atoms with E-state index >= 15 is 0 Å². The number of alkyl halides is 1. The molecule has 0 unspecified atom stereocenters. The third-order valence-corrected chi connectivity index (χ3v) is 3.95. The van der Waals surface area contributed by atoms with Crippen LogP contribution in [0.1, 0.15) is 25.1 Å². The summed E-state index contributed by atoms with van der Waals surface area (Å²) in [6, 6.07) is 18.8. The molecule has 0 fully saturated rings. The minimum atomic E-state index is 0.745. The summed E-state index contributed by atoms with van der Waals surface area (Å²) in [5.41, 5.74) is 3.42. The molecular formula is C18H19ClN2. The average molecular weight is 299 g/mol. The number of hydrogen-bond acceptors (Lipinski definition) is 1. The predicted octanol–water partition coefficient (Wildman–Crippen LogP) is 4.98. The molecule has 2 aromatic carbocycles. The Hall–Kier alpha value is -1.80. The number of nitrogens with zero attached hydrogens (tertiary/aromatic N) is 2. The van der Waals surface area contributed by atoms with E-state index in [1.165, 1.54) is 11.2 Å². The summed E-state index contributed by atoms with van der Waals surface area (Å²) in [5.74, 6) is 1.88. The number of rotatable bonds is 6. The van der Waals surface area contributed by atoms with Crippen LogP contribution in [0.15, 0.2) is 54.6 Å². The van der Waals surface area contributed by atoms with Gasteiger partial charge in [0.2, 0.25) is 0 Å². The fourth-order valence-electron chi connectivity index (χ4n) is 2.66. The van der Waals surface area contributed by atoms with Crippen molar-refractivity contribution in [1.82, 2.24) is 9.55 Å². The zero-order chi connectivity index (χ0) is 14.5. The van der Waals surface area contributed by atoms with Gasteiger partial charge in [-0.25, -0.2) is 4.98 Å². The van der Waals surface area contributed by atoms with E-state index in [1.54, 1.807) is 0 Å². The van der Waals surface area contributed by atoms with E-state index in [0.29, 0.717) is 0 Å². The Labute approximate surface area is 130 Å². The number of aryl methyl sites for hydroxylation is 1. The molecule has 0 N–H and O–H groups in total. The standard InChI is InChI=1S/C18H19ClN2/c19-14-8-2-5-13-18-20-16-11-6-7-12-17(16)21(18)15-9-3-1-4-10-15/h1,3-4,6-7,9-12H,2,5,8,13-14H2. The van der Waals surface area contributed by atoms with Crippen molar-refractivity contribution in [3.63, 3.8) is 0 Å². The second-order valence-corrected chi connectivity index (χ2v) is 5.57. The summed E-state index contributed by atoms with van der Waals surface area (Å²) in [6.07, 6.45) is 4.35. The number of imidazole rings is 1. The molecule has 2 nitrogen and oxygen atoms in total. The molecule has 0 atom stereocenters. The summed E-state index contributed by atoms with van der Waals surface area (Å²) in [4.78, 5) is 4.82. The van der Waals surface area contributed by atoms with Gasteiger partial charge in [0.05, 0.1) is 11.0 Å². The quantitative estimate of drug-likeness (QED) is 0.464. The van der Waals surface area contributed by atoms with Gasteiger partial charge >= 0.3 is 0 Å². The fourth-order valence-corrected chi connectivity index (χ4v) is 2.85. The van der Waals surface area contributed by atoms with Crippen LogP contribution >= 0.6 is 11.6 Å². The third kappa shape index (κ3) is 3.11. The second kappa shape index (κ2) is 6.77. The van der Waals surface area contributed by atoms with Crippen LogP contribution in [0.3, 0.4) is 0 Å². The van der Waals surface area contributed by atoms with Crippen LogP contribution in [0.2, 0.25) is 0 Å². The summed E-state index contributed by atoms with van der Waals surface area (Å²) in [7, 11) is 0. The molecule has 1 heterocycles. The highest BCUT2D eigenvalue weighted by atomic mass is 35.5. The lowest BCUT2D eigenvalue weighted by Crippen LogP contribution is -2.01. The van der Waals surface area contributed by atoms with Gasteiger partial charge in [0.1, 0.15) is 5.82 Å². The zero-order valence-corrected chi connectivity index (χ0v) is 12.8. The van der Waals surface area contributed by atoms with Crippen LogP contribution in [-0.4, -0.2) is 15.4 Å².